The highest BCUT2D eigenvalue weighted by Gasteiger charge is 2.01. The summed E-state index contributed by atoms with van der Waals surface area (Å²) in [4.78, 5) is 2.31. The molecule has 0 saturated heterocycles. The predicted octanol–water partition coefficient (Wildman–Crippen LogP) is 2.29. The first-order chi connectivity index (χ1) is 8.86. The zero-order valence-electron chi connectivity index (χ0n) is 11.3. The Labute approximate surface area is 110 Å². The lowest BCUT2D eigenvalue weighted by Crippen LogP contribution is -2.30. The van der Waals surface area contributed by atoms with E-state index in [0.717, 1.165) is 32.8 Å². The maximum Gasteiger partial charge on any atom is 0.0589 e. The third-order valence-corrected chi connectivity index (χ3v) is 2.70. The van der Waals surface area contributed by atoms with Crippen molar-refractivity contribution in [2.75, 3.05) is 47.1 Å². The van der Waals surface area contributed by atoms with Crippen LogP contribution in [0, 0.1) is 0 Å². The number of hydrogen-bond acceptors (Lipinski definition) is 3. The van der Waals surface area contributed by atoms with E-state index in [9.17, 15) is 0 Å². The molecule has 0 atom stereocenters. The van der Waals surface area contributed by atoms with E-state index < -0.39 is 0 Å². The number of methoxy groups -OCH3 is 2. The van der Waals surface area contributed by atoms with Gasteiger partial charge in [-0.15, -0.1) is 0 Å². The van der Waals surface area contributed by atoms with Gasteiger partial charge in [-0.1, -0.05) is 42.5 Å². The standard InChI is InChI=1S/C15H23NO2/c1-17-13-11-16(12-14-18-2)10-6-9-15-7-4-3-5-8-15/h3-9H,10-14H2,1-2H3/b9-6+. The first kappa shape index (κ1) is 14.9. The van der Waals surface area contributed by atoms with Gasteiger partial charge in [-0.05, 0) is 5.56 Å². The molecule has 0 N–H and O–H groups in total. The quantitative estimate of drug-likeness (QED) is 0.670. The van der Waals surface area contributed by atoms with Crippen molar-refractivity contribution in [2.45, 2.75) is 0 Å². The molecule has 0 heterocycles. The van der Waals surface area contributed by atoms with Crippen LogP contribution in [0.25, 0.3) is 6.08 Å². The Balaban J connectivity index is 2.37. The minimum absolute atomic E-state index is 0.753. The minimum Gasteiger partial charge on any atom is -0.383 e. The van der Waals surface area contributed by atoms with Crippen LogP contribution in [0.4, 0.5) is 0 Å². The fraction of sp³-hybridized carbons (Fsp3) is 0.467. The summed E-state index contributed by atoms with van der Waals surface area (Å²) >= 11 is 0. The molecule has 0 aliphatic rings. The number of ether oxygens (including phenoxy) is 2. The highest BCUT2D eigenvalue weighted by atomic mass is 16.5. The molecule has 0 amide bonds. The van der Waals surface area contributed by atoms with Gasteiger partial charge in [0, 0.05) is 33.9 Å². The van der Waals surface area contributed by atoms with Crippen molar-refractivity contribution in [3.05, 3.63) is 42.0 Å². The second-order valence-corrected chi connectivity index (χ2v) is 4.10. The molecule has 0 aliphatic heterocycles. The second kappa shape index (κ2) is 9.83. The van der Waals surface area contributed by atoms with Crippen molar-refractivity contribution >= 4 is 6.08 Å². The van der Waals surface area contributed by atoms with Crippen molar-refractivity contribution in [3.63, 3.8) is 0 Å². The van der Waals surface area contributed by atoms with Crippen LogP contribution in [0.3, 0.4) is 0 Å². The highest BCUT2D eigenvalue weighted by molar-refractivity contribution is 5.48. The topological polar surface area (TPSA) is 21.7 Å². The molecule has 0 saturated carbocycles. The average molecular weight is 249 g/mol. The molecule has 0 spiro atoms. The monoisotopic (exact) mass is 249 g/mol. The van der Waals surface area contributed by atoms with Crippen molar-refractivity contribution in [2.24, 2.45) is 0 Å². The van der Waals surface area contributed by atoms with Gasteiger partial charge in [-0.2, -0.15) is 0 Å². The third kappa shape index (κ3) is 6.55. The lowest BCUT2D eigenvalue weighted by atomic mass is 10.2. The molecular formula is C15H23NO2. The molecule has 1 aromatic carbocycles. The Morgan fingerprint density at radius 2 is 1.61 bits per heavy atom. The van der Waals surface area contributed by atoms with Crippen LogP contribution in [-0.2, 0) is 9.47 Å². The molecule has 0 fully saturated rings. The molecule has 0 aromatic heterocycles. The van der Waals surface area contributed by atoms with E-state index in [4.69, 9.17) is 9.47 Å². The van der Waals surface area contributed by atoms with Gasteiger partial charge in [0.05, 0.1) is 13.2 Å². The Morgan fingerprint density at radius 1 is 1.00 bits per heavy atom. The predicted molar refractivity (Wildman–Crippen MR) is 75.7 cm³/mol. The van der Waals surface area contributed by atoms with Gasteiger partial charge in [0.2, 0.25) is 0 Å². The molecule has 0 radical (unpaired) electrons. The largest absolute Gasteiger partial charge is 0.383 e. The van der Waals surface area contributed by atoms with Crippen LogP contribution in [0.5, 0.6) is 0 Å². The molecule has 0 bridgehead atoms. The van der Waals surface area contributed by atoms with Crippen molar-refractivity contribution in [1.29, 1.82) is 0 Å². The summed E-state index contributed by atoms with van der Waals surface area (Å²) in [7, 11) is 3.46. The number of rotatable bonds is 9. The summed E-state index contributed by atoms with van der Waals surface area (Å²) in [5, 5.41) is 0. The number of nitrogens with zero attached hydrogens (tertiary/aromatic N) is 1. The molecule has 1 aromatic rings. The first-order valence-corrected chi connectivity index (χ1v) is 6.28. The lowest BCUT2D eigenvalue weighted by molar-refractivity contribution is 0.121. The number of hydrogen-bond donors (Lipinski definition) is 0. The van der Waals surface area contributed by atoms with E-state index >= 15 is 0 Å². The number of benzene rings is 1. The van der Waals surface area contributed by atoms with E-state index in [-0.39, 0.29) is 0 Å². The molecule has 0 aliphatic carbocycles. The summed E-state index contributed by atoms with van der Waals surface area (Å²) in [6.45, 7) is 4.28. The third-order valence-electron chi connectivity index (χ3n) is 2.70. The normalized spacial score (nSPS) is 11.5. The SMILES string of the molecule is COCCN(C/C=C/c1ccccc1)CCOC. The summed E-state index contributed by atoms with van der Waals surface area (Å²) in [6.07, 6.45) is 4.33. The van der Waals surface area contributed by atoms with E-state index in [1.165, 1.54) is 5.56 Å². The lowest BCUT2D eigenvalue weighted by Gasteiger charge is -2.19. The average Bonchev–Trinajstić information content (AvgIpc) is 2.42. The van der Waals surface area contributed by atoms with Crippen LogP contribution < -0.4 is 0 Å². The second-order valence-electron chi connectivity index (χ2n) is 4.10. The van der Waals surface area contributed by atoms with Crippen LogP contribution in [-0.4, -0.2) is 52.0 Å². The van der Waals surface area contributed by atoms with Gasteiger partial charge >= 0.3 is 0 Å². The van der Waals surface area contributed by atoms with E-state index in [1.54, 1.807) is 14.2 Å². The summed E-state index contributed by atoms with van der Waals surface area (Å²) in [5.41, 5.74) is 1.23. The Hall–Kier alpha value is -1.16. The summed E-state index contributed by atoms with van der Waals surface area (Å²) in [6, 6.07) is 10.3. The summed E-state index contributed by atoms with van der Waals surface area (Å²) in [5.74, 6) is 0. The molecule has 18 heavy (non-hydrogen) atoms. The smallest absolute Gasteiger partial charge is 0.0589 e. The van der Waals surface area contributed by atoms with E-state index in [0.29, 0.717) is 0 Å². The highest BCUT2D eigenvalue weighted by Crippen LogP contribution is 2.01. The molecule has 3 nitrogen and oxygen atoms in total. The molecule has 3 heteroatoms. The van der Waals surface area contributed by atoms with Gasteiger partial charge in [-0.25, -0.2) is 0 Å². The Morgan fingerprint density at radius 3 is 2.17 bits per heavy atom. The zero-order chi connectivity index (χ0) is 13.1. The fourth-order valence-electron chi connectivity index (χ4n) is 1.64. The Kier molecular flexibility index (Phi) is 8.13. The minimum atomic E-state index is 0.753. The Bertz CT molecular complexity index is 317. The first-order valence-electron chi connectivity index (χ1n) is 6.28. The summed E-state index contributed by atoms with van der Waals surface area (Å²) < 4.78 is 10.2. The van der Waals surface area contributed by atoms with E-state index in [2.05, 4.69) is 29.2 Å². The van der Waals surface area contributed by atoms with Gasteiger partial charge in [0.15, 0.2) is 0 Å². The maximum atomic E-state index is 5.11. The van der Waals surface area contributed by atoms with Crippen LogP contribution >= 0.6 is 0 Å². The van der Waals surface area contributed by atoms with Gasteiger partial charge in [0.25, 0.3) is 0 Å². The van der Waals surface area contributed by atoms with E-state index in [1.807, 2.05) is 18.2 Å². The maximum absolute atomic E-state index is 5.11. The zero-order valence-corrected chi connectivity index (χ0v) is 11.3. The molecular weight excluding hydrogens is 226 g/mol. The van der Waals surface area contributed by atoms with Crippen LogP contribution in [0.2, 0.25) is 0 Å². The molecule has 0 unspecified atom stereocenters. The van der Waals surface area contributed by atoms with Crippen LogP contribution in [0.15, 0.2) is 36.4 Å². The van der Waals surface area contributed by atoms with Crippen molar-refractivity contribution in [3.8, 4) is 0 Å². The van der Waals surface area contributed by atoms with Gasteiger partial charge in [-0.3, -0.25) is 4.90 Å². The van der Waals surface area contributed by atoms with Crippen LogP contribution in [0.1, 0.15) is 5.56 Å². The van der Waals surface area contributed by atoms with Crippen molar-refractivity contribution < 1.29 is 9.47 Å². The molecule has 100 valence electrons. The molecule has 1 rings (SSSR count). The van der Waals surface area contributed by atoms with Crippen molar-refractivity contribution in [1.82, 2.24) is 4.90 Å². The van der Waals surface area contributed by atoms with Gasteiger partial charge in [0.1, 0.15) is 0 Å². The van der Waals surface area contributed by atoms with Gasteiger partial charge < -0.3 is 9.47 Å². The fourth-order valence-corrected chi connectivity index (χ4v) is 1.64.